The summed E-state index contributed by atoms with van der Waals surface area (Å²) in [5.74, 6) is 0.286. The molecular weight excluding hydrogens is 423 g/mol. The van der Waals surface area contributed by atoms with Crippen LogP contribution in [0.15, 0.2) is 48.8 Å². The van der Waals surface area contributed by atoms with Gasteiger partial charge in [0.15, 0.2) is 5.82 Å². The summed E-state index contributed by atoms with van der Waals surface area (Å²) in [7, 11) is 1.75. The molecule has 0 bridgehead atoms. The van der Waals surface area contributed by atoms with Gasteiger partial charge >= 0.3 is 0 Å². The average molecular weight is 449 g/mol. The molecule has 1 fully saturated rings. The van der Waals surface area contributed by atoms with Crippen molar-refractivity contribution in [3.63, 3.8) is 0 Å². The highest BCUT2D eigenvalue weighted by atomic mass is 19.1. The number of carbonyl (C=O) groups excluding carboxylic acids is 2. The van der Waals surface area contributed by atoms with Crippen molar-refractivity contribution in [3.05, 3.63) is 77.3 Å². The molecule has 0 saturated carbocycles. The molecule has 33 heavy (non-hydrogen) atoms. The largest absolute Gasteiger partial charge is 0.373 e. The van der Waals surface area contributed by atoms with Gasteiger partial charge in [-0.15, -0.1) is 0 Å². The van der Waals surface area contributed by atoms with Gasteiger partial charge < -0.3 is 15.5 Å². The molecule has 0 spiro atoms. The quantitative estimate of drug-likeness (QED) is 0.612. The second kappa shape index (κ2) is 9.72. The molecule has 2 N–H and O–H groups in total. The Morgan fingerprint density at radius 1 is 1.12 bits per heavy atom. The summed E-state index contributed by atoms with van der Waals surface area (Å²) in [6, 6.07) is 8.68. The van der Waals surface area contributed by atoms with Crippen LogP contribution in [-0.4, -0.2) is 45.3 Å². The number of amides is 2. The Morgan fingerprint density at radius 2 is 1.91 bits per heavy atom. The average Bonchev–Trinajstić information content (AvgIpc) is 2.85. The van der Waals surface area contributed by atoms with Gasteiger partial charge in [0.05, 0.1) is 17.3 Å². The minimum absolute atomic E-state index is 0.0991. The minimum Gasteiger partial charge on any atom is -0.373 e. The first kappa shape index (κ1) is 22.3. The van der Waals surface area contributed by atoms with E-state index in [1.165, 1.54) is 30.5 Å². The second-order valence-corrected chi connectivity index (χ2v) is 7.88. The SMILES string of the molecule is CNc1cc(C(=O)N2CCCC[C@H]2c2ncc(C(=O)Nc3ccc(F)cc3)c(C)n2)ccn1. The lowest BCUT2D eigenvalue weighted by Gasteiger charge is -2.35. The Kier molecular flexibility index (Phi) is 6.58. The van der Waals surface area contributed by atoms with Crippen molar-refractivity contribution in [2.75, 3.05) is 24.2 Å². The summed E-state index contributed by atoms with van der Waals surface area (Å²) >= 11 is 0. The van der Waals surface area contributed by atoms with Gasteiger partial charge in [-0.25, -0.2) is 19.3 Å². The molecule has 2 aromatic heterocycles. The Balaban J connectivity index is 1.55. The highest BCUT2D eigenvalue weighted by Crippen LogP contribution is 2.31. The number of carbonyl (C=O) groups is 2. The molecule has 1 aliphatic heterocycles. The maximum atomic E-state index is 13.3. The van der Waals surface area contributed by atoms with Crippen molar-refractivity contribution in [1.29, 1.82) is 0 Å². The van der Waals surface area contributed by atoms with Crippen LogP contribution >= 0.6 is 0 Å². The van der Waals surface area contributed by atoms with E-state index in [1.807, 2.05) is 0 Å². The van der Waals surface area contributed by atoms with Crippen LogP contribution in [0.25, 0.3) is 0 Å². The van der Waals surface area contributed by atoms with Gasteiger partial charge in [-0.1, -0.05) is 0 Å². The second-order valence-electron chi connectivity index (χ2n) is 7.88. The molecule has 4 rings (SSSR count). The van der Waals surface area contributed by atoms with Crippen molar-refractivity contribution in [2.24, 2.45) is 0 Å². The summed E-state index contributed by atoms with van der Waals surface area (Å²) in [5, 5.41) is 5.67. The lowest BCUT2D eigenvalue weighted by molar-refractivity contribution is 0.0599. The van der Waals surface area contributed by atoms with Crippen LogP contribution in [0, 0.1) is 12.7 Å². The van der Waals surface area contributed by atoms with Gasteiger partial charge in [0.2, 0.25) is 0 Å². The molecule has 2 amide bonds. The third-order valence-corrected chi connectivity index (χ3v) is 5.67. The van der Waals surface area contributed by atoms with E-state index in [9.17, 15) is 14.0 Å². The predicted molar refractivity (Wildman–Crippen MR) is 123 cm³/mol. The Hall–Kier alpha value is -3.88. The van der Waals surface area contributed by atoms with Crippen LogP contribution in [0.4, 0.5) is 15.9 Å². The monoisotopic (exact) mass is 448 g/mol. The number of anilines is 2. The van der Waals surface area contributed by atoms with Gasteiger partial charge in [0.1, 0.15) is 11.6 Å². The van der Waals surface area contributed by atoms with Crippen molar-refractivity contribution in [2.45, 2.75) is 32.2 Å². The predicted octanol–water partition coefficient (Wildman–Crippen LogP) is 3.98. The number of aryl methyl sites for hydroxylation is 1. The normalized spacial score (nSPS) is 15.7. The van der Waals surface area contributed by atoms with Crippen LogP contribution in [0.2, 0.25) is 0 Å². The Labute approximate surface area is 191 Å². The van der Waals surface area contributed by atoms with E-state index >= 15 is 0 Å². The number of hydrogen-bond donors (Lipinski definition) is 2. The number of likely N-dealkylation sites (tertiary alicyclic amines) is 1. The fraction of sp³-hybridized carbons (Fsp3) is 0.292. The lowest BCUT2D eigenvalue weighted by atomic mass is 9.99. The summed E-state index contributed by atoms with van der Waals surface area (Å²) < 4.78 is 13.1. The number of nitrogens with zero attached hydrogens (tertiary/aromatic N) is 4. The fourth-order valence-corrected chi connectivity index (χ4v) is 3.91. The molecule has 170 valence electrons. The number of benzene rings is 1. The topological polar surface area (TPSA) is 100 Å². The number of aromatic nitrogens is 3. The van der Waals surface area contributed by atoms with Crippen molar-refractivity contribution in [3.8, 4) is 0 Å². The van der Waals surface area contributed by atoms with Crippen LogP contribution < -0.4 is 10.6 Å². The number of nitrogens with one attached hydrogen (secondary N) is 2. The van der Waals surface area contributed by atoms with E-state index in [2.05, 4.69) is 25.6 Å². The Bertz CT molecular complexity index is 1170. The Morgan fingerprint density at radius 3 is 2.64 bits per heavy atom. The van der Waals surface area contributed by atoms with E-state index in [0.717, 1.165) is 19.3 Å². The smallest absolute Gasteiger partial charge is 0.259 e. The van der Waals surface area contributed by atoms with Crippen molar-refractivity contribution >= 4 is 23.3 Å². The van der Waals surface area contributed by atoms with Crippen LogP contribution in [0.1, 0.15) is 57.5 Å². The molecule has 1 saturated heterocycles. The molecule has 1 atom stereocenters. The van der Waals surface area contributed by atoms with E-state index in [0.29, 0.717) is 40.7 Å². The van der Waals surface area contributed by atoms with Gasteiger partial charge in [-0.3, -0.25) is 9.59 Å². The van der Waals surface area contributed by atoms with Crippen molar-refractivity contribution in [1.82, 2.24) is 19.9 Å². The highest BCUT2D eigenvalue weighted by Gasteiger charge is 2.31. The minimum atomic E-state index is -0.377. The lowest BCUT2D eigenvalue weighted by Crippen LogP contribution is -2.39. The van der Waals surface area contributed by atoms with Gasteiger partial charge in [0, 0.05) is 37.2 Å². The van der Waals surface area contributed by atoms with Crippen LogP contribution in [0.5, 0.6) is 0 Å². The molecule has 3 aromatic rings. The third kappa shape index (κ3) is 4.97. The summed E-state index contributed by atoms with van der Waals surface area (Å²) in [6.45, 7) is 2.34. The molecule has 0 unspecified atom stereocenters. The van der Waals surface area contributed by atoms with Crippen molar-refractivity contribution < 1.29 is 14.0 Å². The maximum Gasteiger partial charge on any atom is 0.259 e. The van der Waals surface area contributed by atoms with E-state index in [-0.39, 0.29) is 23.7 Å². The van der Waals surface area contributed by atoms with E-state index < -0.39 is 0 Å². The number of pyridine rings is 1. The van der Waals surface area contributed by atoms with Crippen LogP contribution in [0.3, 0.4) is 0 Å². The van der Waals surface area contributed by atoms with Gasteiger partial charge in [0.25, 0.3) is 11.8 Å². The molecule has 1 aromatic carbocycles. The number of rotatable bonds is 5. The zero-order valence-corrected chi connectivity index (χ0v) is 18.5. The zero-order valence-electron chi connectivity index (χ0n) is 18.5. The molecular formula is C24H25FN6O2. The van der Waals surface area contributed by atoms with Crippen LogP contribution in [-0.2, 0) is 0 Å². The number of piperidine rings is 1. The molecule has 3 heterocycles. The first-order chi connectivity index (χ1) is 16.0. The van der Waals surface area contributed by atoms with E-state index in [4.69, 9.17) is 0 Å². The highest BCUT2D eigenvalue weighted by molar-refractivity contribution is 6.04. The summed E-state index contributed by atoms with van der Waals surface area (Å²) in [4.78, 5) is 40.9. The van der Waals surface area contributed by atoms with Gasteiger partial charge in [-0.2, -0.15) is 0 Å². The molecule has 8 nitrogen and oxygen atoms in total. The molecule has 0 radical (unpaired) electrons. The first-order valence-electron chi connectivity index (χ1n) is 10.8. The summed E-state index contributed by atoms with van der Waals surface area (Å²) in [6.07, 6.45) is 5.70. The third-order valence-electron chi connectivity index (χ3n) is 5.67. The van der Waals surface area contributed by atoms with Gasteiger partial charge in [-0.05, 0) is 62.6 Å². The fourth-order valence-electron chi connectivity index (χ4n) is 3.91. The molecule has 9 heteroatoms. The number of hydrogen-bond acceptors (Lipinski definition) is 6. The zero-order chi connectivity index (χ0) is 23.4. The molecule has 0 aliphatic carbocycles. The van der Waals surface area contributed by atoms with E-state index in [1.54, 1.807) is 37.2 Å². The first-order valence-corrected chi connectivity index (χ1v) is 10.8. The summed E-state index contributed by atoms with van der Waals surface area (Å²) in [5.41, 5.74) is 1.86. The maximum absolute atomic E-state index is 13.3. The number of halogens is 1. The standard InChI is InChI=1S/C24H25FN6O2/c1-15-19(23(32)30-18-8-6-17(25)7-9-18)14-28-22(29-15)20-5-3-4-12-31(20)24(33)16-10-11-27-21(13-16)26-2/h6-11,13-14,20H,3-5,12H2,1-2H3,(H,26,27)(H,30,32)/t20-/m0/s1. The molecule has 1 aliphatic rings.